The van der Waals surface area contributed by atoms with Gasteiger partial charge in [-0.25, -0.2) is 4.39 Å². The predicted octanol–water partition coefficient (Wildman–Crippen LogP) is 25.6. The first-order valence-corrected chi connectivity index (χ1v) is 40.8. The van der Waals surface area contributed by atoms with Gasteiger partial charge in [-0.3, -0.25) is 0 Å². The van der Waals surface area contributed by atoms with Crippen molar-refractivity contribution in [2.45, 2.75) is 9.79 Å². The fraction of sp³-hybridized carbons (Fsp3) is 0. The average molecular weight is 1510 g/mol. The summed E-state index contributed by atoms with van der Waals surface area (Å²) in [7, 11) is 0. The third-order valence-electron chi connectivity index (χ3n) is 23.6. The fourth-order valence-electron chi connectivity index (χ4n) is 18.5. The summed E-state index contributed by atoms with van der Waals surface area (Å²) in [6, 6.07) is 158. The van der Waals surface area contributed by atoms with E-state index in [0.717, 1.165) is 173 Å². The molecule has 0 saturated heterocycles. The van der Waals surface area contributed by atoms with Crippen molar-refractivity contribution >= 4 is 143 Å². The van der Waals surface area contributed by atoms with E-state index < -0.39 is 0 Å². The zero-order valence-corrected chi connectivity index (χ0v) is 64.6. The maximum Gasteiger partial charge on any atom is 0.252 e. The highest BCUT2D eigenvalue weighted by Crippen LogP contribution is 2.55. The van der Waals surface area contributed by atoms with E-state index in [9.17, 15) is 0 Å². The lowest BCUT2D eigenvalue weighted by Crippen LogP contribution is -2.64. The Kier molecular flexibility index (Phi) is 17.2. The SMILES string of the molecule is Fc1cc(-c2ccccc2)c(N2c3cc4c(cc3B3c5ccccc5N(c5ccccc5)c5cc(N(c6ccc(-c7ccccc7)cc6)c6cccc(-c7ccccc7)c6)cc2c53)B2c3ccccc3N(c3ccccc3)c3cc(N(c5ccc(-c6ccccc6)cc5)c5cccc(-c6ccccc6)c5)cc(c32)S4)c(-c2ccccc2)c1. The van der Waals surface area contributed by atoms with Gasteiger partial charge < -0.3 is 24.5 Å². The monoisotopic (exact) mass is 1510 g/mol. The number of fused-ring (bicyclic) bond motifs is 8. The van der Waals surface area contributed by atoms with Crippen LogP contribution in [0.15, 0.2) is 447 Å². The highest BCUT2D eigenvalue weighted by atomic mass is 32.2. The van der Waals surface area contributed by atoms with Gasteiger partial charge in [-0.15, -0.1) is 0 Å². The second-order valence-electron chi connectivity index (χ2n) is 30.4. The highest BCUT2D eigenvalue weighted by Gasteiger charge is 2.48. The first-order valence-electron chi connectivity index (χ1n) is 40.0. The maximum atomic E-state index is 17.8. The molecule has 0 bridgehead atoms. The molecule has 0 atom stereocenters. The molecule has 548 valence electrons. The van der Waals surface area contributed by atoms with Crippen molar-refractivity contribution < 1.29 is 4.39 Å². The Morgan fingerprint density at radius 3 is 1.01 bits per heavy atom. The molecule has 0 unspecified atom stereocenters. The maximum absolute atomic E-state index is 17.8. The molecule has 0 amide bonds. The van der Waals surface area contributed by atoms with Crippen LogP contribution in [0.25, 0.3) is 66.8 Å². The number of halogens is 1. The Labute approximate surface area is 686 Å². The lowest BCUT2D eigenvalue weighted by Gasteiger charge is -2.46. The molecule has 0 N–H and O–H groups in total. The molecule has 117 heavy (non-hydrogen) atoms. The van der Waals surface area contributed by atoms with Crippen LogP contribution in [-0.2, 0) is 0 Å². The van der Waals surface area contributed by atoms with Gasteiger partial charge in [0.25, 0.3) is 6.71 Å². The Bertz CT molecular complexity index is 6750. The van der Waals surface area contributed by atoms with Crippen LogP contribution in [-0.4, -0.2) is 13.4 Å². The normalized spacial score (nSPS) is 12.5. The van der Waals surface area contributed by atoms with Crippen molar-refractivity contribution in [2.24, 2.45) is 0 Å². The lowest BCUT2D eigenvalue weighted by atomic mass is 9.31. The molecule has 0 radical (unpaired) electrons. The molecule has 4 heterocycles. The van der Waals surface area contributed by atoms with E-state index in [2.05, 4.69) is 437 Å². The highest BCUT2D eigenvalue weighted by molar-refractivity contribution is 8.00. The molecule has 0 aliphatic carbocycles. The van der Waals surface area contributed by atoms with Crippen LogP contribution >= 0.6 is 11.8 Å². The summed E-state index contributed by atoms with van der Waals surface area (Å²) in [5.74, 6) is -0.326. The van der Waals surface area contributed by atoms with E-state index in [1.54, 1.807) is 12.1 Å². The van der Waals surface area contributed by atoms with Crippen molar-refractivity contribution in [3.63, 3.8) is 0 Å². The number of hydrogen-bond acceptors (Lipinski definition) is 6. The zero-order valence-electron chi connectivity index (χ0n) is 63.7. The summed E-state index contributed by atoms with van der Waals surface area (Å²) in [6.45, 7) is -0.545. The molecule has 4 aliphatic heterocycles. The molecule has 0 spiro atoms. The van der Waals surface area contributed by atoms with Gasteiger partial charge in [-0.05, 0) is 210 Å². The van der Waals surface area contributed by atoms with Crippen LogP contribution in [0.5, 0.6) is 0 Å². The van der Waals surface area contributed by atoms with Gasteiger partial charge in [0.1, 0.15) is 5.82 Å². The lowest BCUT2D eigenvalue weighted by molar-refractivity contribution is 0.629. The van der Waals surface area contributed by atoms with Crippen LogP contribution < -0.4 is 57.3 Å². The molecular formula is C108H72B2FN5S. The predicted molar refractivity (Wildman–Crippen MR) is 492 cm³/mol. The van der Waals surface area contributed by atoms with E-state index in [4.69, 9.17) is 0 Å². The van der Waals surface area contributed by atoms with Gasteiger partial charge in [0.05, 0.1) is 11.4 Å². The molecule has 0 aromatic heterocycles. The fourth-order valence-corrected chi connectivity index (χ4v) is 19.7. The van der Waals surface area contributed by atoms with Crippen molar-refractivity contribution in [1.29, 1.82) is 0 Å². The summed E-state index contributed by atoms with van der Waals surface area (Å²) in [6.07, 6.45) is 0. The molecule has 0 fully saturated rings. The van der Waals surface area contributed by atoms with E-state index in [0.29, 0.717) is 0 Å². The zero-order chi connectivity index (χ0) is 77.4. The summed E-state index contributed by atoms with van der Waals surface area (Å²) >= 11 is 1.85. The minimum Gasteiger partial charge on any atom is -0.311 e. The van der Waals surface area contributed by atoms with Crippen LogP contribution in [0.2, 0.25) is 0 Å². The van der Waals surface area contributed by atoms with E-state index >= 15 is 4.39 Å². The molecule has 18 aromatic rings. The second-order valence-corrected chi connectivity index (χ2v) is 31.5. The van der Waals surface area contributed by atoms with Crippen LogP contribution in [0.3, 0.4) is 0 Å². The smallest absolute Gasteiger partial charge is 0.252 e. The number of benzene rings is 18. The first kappa shape index (κ1) is 69.1. The van der Waals surface area contributed by atoms with E-state index in [1.165, 1.54) is 21.9 Å². The Hall–Kier alpha value is -14.6. The number of nitrogens with zero attached hydrogens (tertiary/aromatic N) is 5. The Morgan fingerprint density at radius 1 is 0.214 bits per heavy atom. The van der Waals surface area contributed by atoms with Crippen LogP contribution in [0.1, 0.15) is 0 Å². The Morgan fingerprint density at radius 2 is 0.564 bits per heavy atom. The molecular weight excluding hydrogens is 1440 g/mol. The minimum absolute atomic E-state index is 0.225. The minimum atomic E-state index is -0.326. The van der Waals surface area contributed by atoms with Crippen LogP contribution in [0.4, 0.5) is 89.7 Å². The van der Waals surface area contributed by atoms with Gasteiger partial charge in [-0.2, -0.15) is 0 Å². The molecule has 22 rings (SSSR count). The summed E-state index contributed by atoms with van der Waals surface area (Å²) in [5, 5.41) is 0. The van der Waals surface area contributed by atoms with Gasteiger partial charge in [0, 0.05) is 94.9 Å². The molecule has 4 aliphatic rings. The standard InChI is InChI=1S/C108H72B2FN5S/c111-83-65-92(79-39-17-5-18-40-79)108(93(66-83)80-41-19-6-20-42-80)116-100-72-104-97(110-95-52-26-28-54-99(95)115(85-47-23-8-24-48-85)103-69-91(70-105(117-104)107(103)110)113(87-61-57-78(58-62-87)74-33-11-2-12-34-74)89-50-30-44-82(64-89)76-37-15-4-16-38-76)71-96(100)109-94-51-25-27-53-98(94)114(84-45-21-7-22-46-84)101-67-90(68-102(116)106(101)109)112(86-59-55-77(56-60-86)73-31-9-1-10-32-73)88-49-29-43-81(63-88)75-35-13-3-14-36-75/h1-72H. The van der Waals surface area contributed by atoms with Crippen molar-refractivity contribution in [2.75, 3.05) is 24.5 Å². The van der Waals surface area contributed by atoms with Gasteiger partial charge >= 0.3 is 0 Å². The quantitative estimate of drug-likeness (QED) is 0.0944. The van der Waals surface area contributed by atoms with Crippen molar-refractivity contribution in [3.05, 3.63) is 443 Å². The van der Waals surface area contributed by atoms with Gasteiger partial charge in [-0.1, -0.05) is 327 Å². The van der Waals surface area contributed by atoms with E-state index in [-0.39, 0.29) is 19.2 Å². The van der Waals surface area contributed by atoms with Crippen LogP contribution in [0, 0.1) is 5.82 Å². The third kappa shape index (κ3) is 12.1. The molecule has 0 saturated carbocycles. The molecule has 5 nitrogen and oxygen atoms in total. The summed E-state index contributed by atoms with van der Waals surface area (Å²) < 4.78 is 17.8. The number of rotatable bonds is 15. The largest absolute Gasteiger partial charge is 0.311 e. The van der Waals surface area contributed by atoms with E-state index in [1.807, 2.05) is 23.9 Å². The van der Waals surface area contributed by atoms with Crippen molar-refractivity contribution in [1.82, 2.24) is 0 Å². The Balaban J connectivity index is 0.839. The number of anilines is 15. The summed E-state index contributed by atoms with van der Waals surface area (Å²) in [5.41, 5.74) is 34.8. The number of para-hydroxylation sites is 4. The molecule has 9 heteroatoms. The topological polar surface area (TPSA) is 16.2 Å². The summed E-state index contributed by atoms with van der Waals surface area (Å²) in [4.78, 5) is 14.7. The first-order chi connectivity index (χ1) is 58.0. The molecule has 18 aromatic carbocycles. The number of hydrogen-bond donors (Lipinski definition) is 0. The third-order valence-corrected chi connectivity index (χ3v) is 24.8. The van der Waals surface area contributed by atoms with Gasteiger partial charge in [0.2, 0.25) is 6.71 Å². The van der Waals surface area contributed by atoms with Crippen molar-refractivity contribution in [3.8, 4) is 66.8 Å². The second kappa shape index (κ2) is 29.1. The average Bonchev–Trinajstić information content (AvgIpc) is 0.684. The van der Waals surface area contributed by atoms with Gasteiger partial charge in [0.15, 0.2) is 0 Å².